The Hall–Kier alpha value is -2.19. The molecular weight excluding hydrogens is 374 g/mol. The van der Waals surface area contributed by atoms with Gasteiger partial charge in [0.25, 0.3) is 0 Å². The fourth-order valence-electron chi connectivity index (χ4n) is 3.48. The van der Waals surface area contributed by atoms with E-state index in [2.05, 4.69) is 22.5 Å². The van der Waals surface area contributed by atoms with Gasteiger partial charge >= 0.3 is 6.09 Å². The Bertz CT molecular complexity index is 696. The van der Waals surface area contributed by atoms with Crippen molar-refractivity contribution in [3.05, 3.63) is 23.9 Å². The van der Waals surface area contributed by atoms with E-state index < -0.39 is 30.4 Å². The number of hydrogen-bond acceptors (Lipinski definition) is 6. The first kappa shape index (κ1) is 23.1. The molecule has 0 spiro atoms. The van der Waals surface area contributed by atoms with E-state index in [9.17, 15) is 14.7 Å². The van der Waals surface area contributed by atoms with E-state index in [1.54, 1.807) is 26.8 Å². The van der Waals surface area contributed by atoms with E-state index in [1.807, 2.05) is 0 Å². The van der Waals surface area contributed by atoms with Crippen LogP contribution in [0.3, 0.4) is 0 Å². The van der Waals surface area contributed by atoms with Crippen molar-refractivity contribution in [2.24, 2.45) is 11.8 Å². The summed E-state index contributed by atoms with van der Waals surface area (Å²) in [5.74, 6) is 0.485. The monoisotopic (exact) mass is 407 g/mol. The fraction of sp³-hybridized carbons (Fsp3) is 0.667. The summed E-state index contributed by atoms with van der Waals surface area (Å²) in [4.78, 5) is 29.4. The van der Waals surface area contributed by atoms with Gasteiger partial charge in [0.1, 0.15) is 23.6 Å². The van der Waals surface area contributed by atoms with Crippen molar-refractivity contribution < 1.29 is 24.5 Å². The molecule has 1 aromatic rings. The molecule has 4 N–H and O–H groups in total. The second-order valence-electron chi connectivity index (χ2n) is 8.81. The van der Waals surface area contributed by atoms with Crippen molar-refractivity contribution in [3.8, 4) is 0 Å². The van der Waals surface area contributed by atoms with Crippen molar-refractivity contribution in [2.75, 3.05) is 11.9 Å². The molecule has 0 aromatic carbocycles. The fourth-order valence-corrected chi connectivity index (χ4v) is 3.48. The molecule has 0 aliphatic heterocycles. The molecule has 8 nitrogen and oxygen atoms in total. The second-order valence-corrected chi connectivity index (χ2v) is 8.81. The Labute approximate surface area is 172 Å². The standard InChI is InChI=1S/C21H33N3O5/c1-13-5-7-14(8-6-13)18(24-20(28)29-21(2,3)4)19(27)23-17-11-15(9-10-22-17)16(26)12-25/h9-11,13-14,16,18,25-26H,5-8,12H2,1-4H3,(H,24,28)(H,22,23,27)/t13?,14?,16?,18-/m0/s1. The molecule has 1 fully saturated rings. The van der Waals surface area contributed by atoms with Gasteiger partial charge in [0.2, 0.25) is 5.91 Å². The first-order chi connectivity index (χ1) is 13.6. The number of nitrogens with one attached hydrogen (secondary N) is 2. The molecule has 1 aromatic heterocycles. The second kappa shape index (κ2) is 10.0. The van der Waals surface area contributed by atoms with Gasteiger partial charge in [-0.05, 0) is 63.1 Å². The van der Waals surface area contributed by atoms with Crippen LogP contribution in [0, 0.1) is 11.8 Å². The molecule has 2 rings (SSSR count). The lowest BCUT2D eigenvalue weighted by atomic mass is 9.79. The summed E-state index contributed by atoms with van der Waals surface area (Å²) < 4.78 is 5.34. The Kier molecular flexibility index (Phi) is 7.98. The molecule has 0 radical (unpaired) electrons. The van der Waals surface area contributed by atoms with Crippen LogP contribution in [0.1, 0.15) is 65.0 Å². The number of anilines is 1. The average molecular weight is 408 g/mol. The van der Waals surface area contributed by atoms with Crippen molar-refractivity contribution in [3.63, 3.8) is 0 Å². The zero-order valence-electron chi connectivity index (χ0n) is 17.6. The van der Waals surface area contributed by atoms with Gasteiger partial charge in [0, 0.05) is 6.20 Å². The van der Waals surface area contributed by atoms with E-state index in [4.69, 9.17) is 9.84 Å². The van der Waals surface area contributed by atoms with Crippen LogP contribution < -0.4 is 10.6 Å². The number of aliphatic hydroxyl groups excluding tert-OH is 2. The number of ether oxygens (including phenoxy) is 1. The smallest absolute Gasteiger partial charge is 0.408 e. The number of nitrogens with zero attached hydrogens (tertiary/aromatic N) is 1. The molecular formula is C21H33N3O5. The van der Waals surface area contributed by atoms with Gasteiger partial charge in [-0.3, -0.25) is 4.79 Å². The highest BCUT2D eigenvalue weighted by Crippen LogP contribution is 2.31. The Balaban J connectivity index is 2.14. The number of carbonyl (C=O) groups excluding carboxylic acids is 2. The normalized spacial score (nSPS) is 21.7. The van der Waals surface area contributed by atoms with E-state index in [0.717, 1.165) is 25.7 Å². The first-order valence-electron chi connectivity index (χ1n) is 10.1. The van der Waals surface area contributed by atoms with E-state index in [-0.39, 0.29) is 17.6 Å². The SMILES string of the molecule is CC1CCC([C@H](NC(=O)OC(C)(C)C)C(=O)Nc2cc(C(O)CO)ccn2)CC1. The minimum Gasteiger partial charge on any atom is -0.444 e. The van der Waals surface area contributed by atoms with E-state index in [1.165, 1.54) is 12.3 Å². The molecule has 2 atom stereocenters. The Morgan fingerprint density at radius 3 is 2.52 bits per heavy atom. The third-order valence-corrected chi connectivity index (χ3v) is 5.08. The Morgan fingerprint density at radius 2 is 1.93 bits per heavy atom. The number of hydrogen-bond donors (Lipinski definition) is 4. The van der Waals surface area contributed by atoms with Crippen LogP contribution >= 0.6 is 0 Å². The van der Waals surface area contributed by atoms with E-state index in [0.29, 0.717) is 11.5 Å². The highest BCUT2D eigenvalue weighted by molar-refractivity contribution is 5.96. The van der Waals surface area contributed by atoms with Crippen LogP contribution in [0.2, 0.25) is 0 Å². The lowest BCUT2D eigenvalue weighted by Gasteiger charge is -2.32. The van der Waals surface area contributed by atoms with E-state index >= 15 is 0 Å². The van der Waals surface area contributed by atoms with Crippen molar-refractivity contribution in [1.82, 2.24) is 10.3 Å². The van der Waals surface area contributed by atoms with Gasteiger partial charge in [-0.1, -0.05) is 19.8 Å². The number of alkyl carbamates (subject to hydrolysis) is 1. The molecule has 1 aliphatic rings. The highest BCUT2D eigenvalue weighted by Gasteiger charge is 2.34. The summed E-state index contributed by atoms with van der Waals surface area (Å²) in [6.07, 6.45) is 3.44. The molecule has 1 unspecified atom stereocenters. The summed E-state index contributed by atoms with van der Waals surface area (Å²) in [6.45, 7) is 7.07. The minimum atomic E-state index is -1.05. The number of rotatable bonds is 6. The summed E-state index contributed by atoms with van der Waals surface area (Å²) in [5, 5.41) is 24.4. The van der Waals surface area contributed by atoms with Gasteiger partial charge in [-0.2, -0.15) is 0 Å². The topological polar surface area (TPSA) is 121 Å². The zero-order valence-corrected chi connectivity index (χ0v) is 17.6. The summed E-state index contributed by atoms with van der Waals surface area (Å²) >= 11 is 0. The minimum absolute atomic E-state index is 0.00457. The zero-order chi connectivity index (χ0) is 21.6. The van der Waals surface area contributed by atoms with Crippen LogP contribution in [0.15, 0.2) is 18.3 Å². The number of aromatic nitrogens is 1. The van der Waals surface area contributed by atoms with Gasteiger partial charge in [-0.15, -0.1) is 0 Å². The molecule has 29 heavy (non-hydrogen) atoms. The third kappa shape index (κ3) is 7.29. The quantitative estimate of drug-likeness (QED) is 0.575. The highest BCUT2D eigenvalue weighted by atomic mass is 16.6. The molecule has 8 heteroatoms. The molecule has 1 aliphatic carbocycles. The maximum absolute atomic E-state index is 13.0. The largest absolute Gasteiger partial charge is 0.444 e. The van der Waals surface area contributed by atoms with Crippen LogP contribution in [-0.2, 0) is 9.53 Å². The predicted molar refractivity (Wildman–Crippen MR) is 109 cm³/mol. The van der Waals surface area contributed by atoms with Crippen LogP contribution in [0.5, 0.6) is 0 Å². The number of amides is 2. The molecule has 0 saturated heterocycles. The summed E-state index contributed by atoms with van der Waals surface area (Å²) in [6, 6.07) is 2.33. The number of aliphatic hydroxyl groups is 2. The van der Waals surface area contributed by atoms with Gasteiger partial charge in [0.15, 0.2) is 0 Å². The third-order valence-electron chi connectivity index (χ3n) is 5.08. The molecule has 1 heterocycles. The first-order valence-corrected chi connectivity index (χ1v) is 10.1. The number of carbonyl (C=O) groups is 2. The summed E-state index contributed by atoms with van der Waals surface area (Å²) in [5.41, 5.74) is -0.219. The molecule has 2 amide bonds. The molecule has 1 saturated carbocycles. The van der Waals surface area contributed by atoms with Gasteiger partial charge in [-0.25, -0.2) is 9.78 Å². The van der Waals surface area contributed by atoms with Gasteiger partial charge in [0.05, 0.1) is 6.61 Å². The number of pyridine rings is 1. The van der Waals surface area contributed by atoms with Crippen LogP contribution in [0.4, 0.5) is 10.6 Å². The maximum Gasteiger partial charge on any atom is 0.408 e. The predicted octanol–water partition coefficient (Wildman–Crippen LogP) is 2.77. The van der Waals surface area contributed by atoms with Crippen LogP contribution in [0.25, 0.3) is 0 Å². The van der Waals surface area contributed by atoms with Crippen molar-refractivity contribution in [1.29, 1.82) is 0 Å². The van der Waals surface area contributed by atoms with Crippen molar-refractivity contribution >= 4 is 17.8 Å². The Morgan fingerprint density at radius 1 is 1.28 bits per heavy atom. The maximum atomic E-state index is 13.0. The molecule has 0 bridgehead atoms. The lowest BCUT2D eigenvalue weighted by molar-refractivity contribution is -0.119. The molecule has 162 valence electrons. The van der Waals surface area contributed by atoms with Crippen molar-refractivity contribution in [2.45, 2.75) is 71.1 Å². The van der Waals surface area contributed by atoms with Gasteiger partial charge < -0.3 is 25.6 Å². The lowest BCUT2D eigenvalue weighted by Crippen LogP contribution is -2.50. The average Bonchev–Trinajstić information content (AvgIpc) is 2.65. The summed E-state index contributed by atoms with van der Waals surface area (Å²) in [7, 11) is 0. The van der Waals surface area contributed by atoms with Crippen LogP contribution in [-0.4, -0.2) is 45.4 Å².